The largest absolute Gasteiger partial charge is 0.465 e. The fourth-order valence-corrected chi connectivity index (χ4v) is 5.41. The van der Waals surface area contributed by atoms with Gasteiger partial charge in [-0.25, -0.2) is 14.2 Å². The Labute approximate surface area is 257 Å². The number of nitrogens with one attached hydrogen (secondary N) is 1. The van der Waals surface area contributed by atoms with Crippen LogP contribution in [0, 0.1) is 17.7 Å². The summed E-state index contributed by atoms with van der Waals surface area (Å²) in [6, 6.07) is 8.34. The van der Waals surface area contributed by atoms with E-state index >= 15 is 0 Å². The Kier molecular flexibility index (Phi) is 11.3. The first-order valence-electron chi connectivity index (χ1n) is 15.1. The standard InChI is InChI=1S/C32H43FN4O7/c1-32(2,3)44-31(41)37-11-4-5-23-6-7-26(36-28(23)37)18-21-14-24(15-21)29(39)35-10-8-27(38)42-12-9-20-13-22(17-25(33)16-20)19-43-30(34)40/h6-7,13,16-17,21,24,30,40H,4-5,8-12,14-15,18-19,34H2,1-3H3,(H,35,39)/t21-,24-,30?. The molecule has 2 amide bonds. The Balaban J connectivity index is 1.14. The predicted octanol–water partition coefficient (Wildman–Crippen LogP) is 3.52. The highest BCUT2D eigenvalue weighted by atomic mass is 19.1. The lowest BCUT2D eigenvalue weighted by molar-refractivity contribution is -0.143. The zero-order chi connectivity index (χ0) is 31.9. The number of halogens is 1. The number of aromatic nitrogens is 1. The van der Waals surface area contributed by atoms with Crippen molar-refractivity contribution in [2.24, 2.45) is 17.6 Å². The zero-order valence-electron chi connectivity index (χ0n) is 25.6. The number of hydrogen-bond acceptors (Lipinski definition) is 9. The molecule has 1 atom stereocenters. The van der Waals surface area contributed by atoms with Gasteiger partial charge in [0, 0.05) is 31.1 Å². The molecule has 1 aliphatic heterocycles. The van der Waals surface area contributed by atoms with E-state index in [1.54, 1.807) is 11.0 Å². The number of pyridine rings is 1. The maximum atomic E-state index is 13.8. The summed E-state index contributed by atoms with van der Waals surface area (Å²) in [6.07, 6.45) is 2.41. The number of nitrogens with zero attached hydrogens (tertiary/aromatic N) is 2. The minimum atomic E-state index is -1.45. The predicted molar refractivity (Wildman–Crippen MR) is 160 cm³/mol. The van der Waals surface area contributed by atoms with Crippen molar-refractivity contribution in [3.05, 3.63) is 58.5 Å². The minimum Gasteiger partial charge on any atom is -0.465 e. The van der Waals surface area contributed by atoms with E-state index in [-0.39, 0.29) is 44.1 Å². The Morgan fingerprint density at radius 1 is 1.18 bits per heavy atom. The van der Waals surface area contributed by atoms with Gasteiger partial charge in [0.2, 0.25) is 12.3 Å². The number of aliphatic hydroxyl groups excluding tert-OH is 1. The molecule has 44 heavy (non-hydrogen) atoms. The number of nitrogens with two attached hydrogens (primary N) is 1. The number of anilines is 1. The summed E-state index contributed by atoms with van der Waals surface area (Å²) in [5.74, 6) is -0.137. The number of amides is 2. The number of carbonyl (C=O) groups is 3. The fraction of sp³-hybridized carbons (Fsp3) is 0.562. The molecular formula is C32H43FN4O7. The third-order valence-electron chi connectivity index (χ3n) is 7.54. The molecule has 4 N–H and O–H groups in total. The molecule has 12 heteroatoms. The van der Waals surface area contributed by atoms with Gasteiger partial charge in [0.1, 0.15) is 17.2 Å². The molecule has 1 saturated carbocycles. The molecule has 2 heterocycles. The summed E-state index contributed by atoms with van der Waals surface area (Å²) >= 11 is 0. The zero-order valence-corrected chi connectivity index (χ0v) is 25.6. The molecule has 1 unspecified atom stereocenters. The molecule has 0 spiro atoms. The van der Waals surface area contributed by atoms with E-state index in [1.165, 1.54) is 12.1 Å². The van der Waals surface area contributed by atoms with Gasteiger partial charge in [-0.1, -0.05) is 12.1 Å². The molecule has 0 radical (unpaired) electrons. The van der Waals surface area contributed by atoms with E-state index in [1.807, 2.05) is 32.9 Å². The van der Waals surface area contributed by atoms with E-state index < -0.39 is 23.8 Å². The summed E-state index contributed by atoms with van der Waals surface area (Å²) < 4.78 is 29.5. The first kappa shape index (κ1) is 33.3. The molecule has 1 fully saturated rings. The normalized spacial score (nSPS) is 18.5. The number of carbonyl (C=O) groups excluding carboxylic acids is 3. The van der Waals surface area contributed by atoms with Crippen molar-refractivity contribution in [1.82, 2.24) is 10.3 Å². The van der Waals surface area contributed by atoms with Crippen LogP contribution < -0.4 is 16.0 Å². The molecule has 1 aromatic heterocycles. The molecule has 0 bridgehead atoms. The van der Waals surface area contributed by atoms with Crippen molar-refractivity contribution in [1.29, 1.82) is 0 Å². The average molecular weight is 615 g/mol. The van der Waals surface area contributed by atoms with Crippen LogP contribution in [0.3, 0.4) is 0 Å². The summed E-state index contributed by atoms with van der Waals surface area (Å²) in [6.45, 7) is 6.29. The van der Waals surface area contributed by atoms with E-state index in [0.717, 1.165) is 43.4 Å². The van der Waals surface area contributed by atoms with Gasteiger partial charge >= 0.3 is 12.1 Å². The van der Waals surface area contributed by atoms with Gasteiger partial charge in [0.25, 0.3) is 0 Å². The van der Waals surface area contributed by atoms with Crippen LogP contribution in [0.2, 0.25) is 0 Å². The lowest BCUT2D eigenvalue weighted by Gasteiger charge is -2.35. The maximum absolute atomic E-state index is 13.8. The number of esters is 1. The van der Waals surface area contributed by atoms with E-state index in [4.69, 9.17) is 30.0 Å². The summed E-state index contributed by atoms with van der Waals surface area (Å²) in [5.41, 5.74) is 7.59. The fourth-order valence-electron chi connectivity index (χ4n) is 5.41. The van der Waals surface area contributed by atoms with Crippen molar-refractivity contribution >= 4 is 23.8 Å². The summed E-state index contributed by atoms with van der Waals surface area (Å²) in [5, 5.41) is 11.8. The molecule has 2 aliphatic rings. The van der Waals surface area contributed by atoms with Crippen molar-refractivity contribution in [2.75, 3.05) is 24.6 Å². The number of ether oxygens (including phenoxy) is 3. The van der Waals surface area contributed by atoms with Gasteiger partial charge in [-0.3, -0.25) is 20.2 Å². The van der Waals surface area contributed by atoms with E-state index in [0.29, 0.717) is 35.8 Å². The SMILES string of the molecule is CC(C)(C)OC(=O)N1CCCc2ccc(C[C@H]3C[C@H](C(=O)NCCC(=O)OCCc4cc(F)cc(COC(N)O)c4)C3)nc21. The molecular weight excluding hydrogens is 571 g/mol. The number of rotatable bonds is 12. The van der Waals surface area contributed by atoms with Crippen LogP contribution in [0.4, 0.5) is 15.0 Å². The second-order valence-corrected chi connectivity index (χ2v) is 12.4. The highest BCUT2D eigenvalue weighted by Crippen LogP contribution is 2.37. The molecule has 1 aliphatic carbocycles. The van der Waals surface area contributed by atoms with Crippen molar-refractivity contribution in [2.45, 2.75) is 84.3 Å². The molecule has 240 valence electrons. The number of hydrogen-bond donors (Lipinski definition) is 3. The Bertz CT molecular complexity index is 1320. The molecule has 11 nitrogen and oxygen atoms in total. The van der Waals surface area contributed by atoms with Gasteiger partial charge in [-0.15, -0.1) is 0 Å². The highest BCUT2D eigenvalue weighted by molar-refractivity contribution is 5.88. The van der Waals surface area contributed by atoms with Crippen LogP contribution in [0.15, 0.2) is 30.3 Å². The van der Waals surface area contributed by atoms with E-state index in [2.05, 4.69) is 5.32 Å². The molecule has 2 aromatic rings. The number of benzene rings is 1. The highest BCUT2D eigenvalue weighted by Gasteiger charge is 2.35. The van der Waals surface area contributed by atoms with Crippen molar-refractivity contribution < 1.29 is 38.1 Å². The van der Waals surface area contributed by atoms with E-state index in [9.17, 15) is 18.8 Å². The third-order valence-corrected chi connectivity index (χ3v) is 7.54. The first-order valence-corrected chi connectivity index (χ1v) is 15.1. The third kappa shape index (κ3) is 9.96. The van der Waals surface area contributed by atoms with Gasteiger partial charge in [0.05, 0.1) is 19.6 Å². The Morgan fingerprint density at radius 3 is 2.66 bits per heavy atom. The number of aryl methyl sites for hydroxylation is 1. The van der Waals surface area contributed by atoms with Gasteiger partial charge < -0.3 is 24.6 Å². The number of aliphatic hydroxyl groups is 1. The van der Waals surface area contributed by atoms with Crippen LogP contribution >= 0.6 is 0 Å². The van der Waals surface area contributed by atoms with Gasteiger partial charge in [-0.05, 0) is 93.7 Å². The minimum absolute atomic E-state index is 0.0334. The van der Waals surface area contributed by atoms with Crippen molar-refractivity contribution in [3.8, 4) is 0 Å². The van der Waals surface area contributed by atoms with Crippen LogP contribution in [0.25, 0.3) is 0 Å². The summed E-state index contributed by atoms with van der Waals surface area (Å²) in [4.78, 5) is 43.9. The lowest BCUT2D eigenvalue weighted by Crippen LogP contribution is -2.41. The van der Waals surface area contributed by atoms with Crippen LogP contribution in [0.1, 0.15) is 68.8 Å². The Hall–Kier alpha value is -3.61. The number of fused-ring (bicyclic) bond motifs is 1. The molecule has 4 rings (SSSR count). The monoisotopic (exact) mass is 614 g/mol. The second-order valence-electron chi connectivity index (χ2n) is 12.4. The Morgan fingerprint density at radius 2 is 1.93 bits per heavy atom. The van der Waals surface area contributed by atoms with Crippen LogP contribution in [-0.4, -0.2) is 59.8 Å². The van der Waals surface area contributed by atoms with Gasteiger partial charge in [-0.2, -0.15) is 0 Å². The first-order chi connectivity index (χ1) is 20.9. The topological polar surface area (TPSA) is 153 Å². The smallest absolute Gasteiger partial charge is 0.416 e. The average Bonchev–Trinajstić information content (AvgIpc) is 2.92. The summed E-state index contributed by atoms with van der Waals surface area (Å²) in [7, 11) is 0. The van der Waals surface area contributed by atoms with Crippen LogP contribution in [-0.2, 0) is 49.7 Å². The quantitative estimate of drug-likeness (QED) is 0.241. The van der Waals surface area contributed by atoms with Crippen LogP contribution in [0.5, 0.6) is 0 Å². The molecule has 0 saturated heterocycles. The van der Waals surface area contributed by atoms with Gasteiger partial charge in [0.15, 0.2) is 0 Å². The second kappa shape index (κ2) is 14.9. The maximum Gasteiger partial charge on any atom is 0.416 e. The van der Waals surface area contributed by atoms with Crippen molar-refractivity contribution in [3.63, 3.8) is 0 Å². The lowest BCUT2D eigenvalue weighted by atomic mass is 9.72. The molecule has 1 aromatic carbocycles.